The summed E-state index contributed by atoms with van der Waals surface area (Å²) in [7, 11) is 0. The van der Waals surface area contributed by atoms with Crippen molar-refractivity contribution in [3.05, 3.63) is 35.2 Å². The molecule has 3 aromatic heterocycles. The molecule has 130 valence electrons. The van der Waals surface area contributed by atoms with Gasteiger partial charge in [-0.05, 0) is 23.9 Å². The zero-order valence-corrected chi connectivity index (χ0v) is 14.4. The summed E-state index contributed by atoms with van der Waals surface area (Å²) < 4.78 is 2.97. The van der Waals surface area contributed by atoms with Crippen molar-refractivity contribution in [2.24, 2.45) is 0 Å². The molecule has 4 heterocycles. The van der Waals surface area contributed by atoms with E-state index in [0.717, 1.165) is 41.2 Å². The Morgan fingerprint density at radius 1 is 1.36 bits per heavy atom. The number of carbonyl (C=O) groups is 1. The monoisotopic (exact) mass is 358 g/mol. The maximum atomic E-state index is 12.1. The Balaban J connectivity index is 1.62. The fourth-order valence-corrected chi connectivity index (χ4v) is 3.88. The molecule has 8 nitrogen and oxygen atoms in total. The van der Waals surface area contributed by atoms with E-state index in [1.807, 2.05) is 22.2 Å². The average molecular weight is 358 g/mol. The van der Waals surface area contributed by atoms with Gasteiger partial charge in [0, 0.05) is 19.6 Å². The zero-order valence-electron chi connectivity index (χ0n) is 13.6. The second-order valence-corrected chi connectivity index (χ2v) is 6.75. The third-order valence-corrected chi connectivity index (χ3v) is 5.07. The SMILES string of the molecule is O=C(NCCO)c1cc2n(n1)CCCN(c1ncnc3ccsc13)C2. The predicted molar refractivity (Wildman–Crippen MR) is 94.7 cm³/mol. The first-order chi connectivity index (χ1) is 12.3. The largest absolute Gasteiger partial charge is 0.395 e. The van der Waals surface area contributed by atoms with Gasteiger partial charge in [-0.1, -0.05) is 0 Å². The van der Waals surface area contributed by atoms with Gasteiger partial charge in [-0.25, -0.2) is 9.97 Å². The second kappa shape index (κ2) is 6.77. The summed E-state index contributed by atoms with van der Waals surface area (Å²) in [5.41, 5.74) is 2.32. The van der Waals surface area contributed by atoms with E-state index in [9.17, 15) is 4.79 Å². The van der Waals surface area contributed by atoms with Crippen LogP contribution in [-0.4, -0.2) is 50.5 Å². The van der Waals surface area contributed by atoms with E-state index in [2.05, 4.69) is 25.3 Å². The lowest BCUT2D eigenvalue weighted by Gasteiger charge is -2.21. The lowest BCUT2D eigenvalue weighted by Crippen LogP contribution is -2.27. The van der Waals surface area contributed by atoms with Crippen molar-refractivity contribution in [1.82, 2.24) is 25.1 Å². The summed E-state index contributed by atoms with van der Waals surface area (Å²) in [5.74, 6) is 0.671. The first kappa shape index (κ1) is 16.0. The first-order valence-electron chi connectivity index (χ1n) is 8.15. The molecule has 0 spiro atoms. The molecule has 0 unspecified atom stereocenters. The van der Waals surface area contributed by atoms with Crippen molar-refractivity contribution < 1.29 is 9.90 Å². The van der Waals surface area contributed by atoms with E-state index in [4.69, 9.17) is 5.11 Å². The molecule has 0 bridgehead atoms. The number of aliphatic hydroxyl groups is 1. The maximum absolute atomic E-state index is 12.1. The topological polar surface area (TPSA) is 96.2 Å². The van der Waals surface area contributed by atoms with E-state index in [-0.39, 0.29) is 19.1 Å². The maximum Gasteiger partial charge on any atom is 0.271 e. The van der Waals surface area contributed by atoms with Gasteiger partial charge in [0.1, 0.15) is 12.1 Å². The minimum absolute atomic E-state index is 0.0857. The highest BCUT2D eigenvalue weighted by atomic mass is 32.1. The van der Waals surface area contributed by atoms with Gasteiger partial charge in [0.25, 0.3) is 5.91 Å². The average Bonchev–Trinajstić information content (AvgIpc) is 3.21. The minimum Gasteiger partial charge on any atom is -0.395 e. The van der Waals surface area contributed by atoms with Crippen molar-refractivity contribution in [3.63, 3.8) is 0 Å². The van der Waals surface area contributed by atoms with Crippen LogP contribution in [0.3, 0.4) is 0 Å². The number of rotatable bonds is 4. The van der Waals surface area contributed by atoms with Crippen molar-refractivity contribution in [1.29, 1.82) is 0 Å². The number of aromatic nitrogens is 4. The molecule has 1 amide bonds. The zero-order chi connectivity index (χ0) is 17.2. The first-order valence-corrected chi connectivity index (χ1v) is 9.03. The molecular weight excluding hydrogens is 340 g/mol. The number of hydrogen-bond acceptors (Lipinski definition) is 7. The van der Waals surface area contributed by atoms with Gasteiger partial charge < -0.3 is 15.3 Å². The Morgan fingerprint density at radius 3 is 3.16 bits per heavy atom. The molecule has 0 atom stereocenters. The second-order valence-electron chi connectivity index (χ2n) is 5.83. The molecule has 0 saturated heterocycles. The van der Waals surface area contributed by atoms with Crippen molar-refractivity contribution in [3.8, 4) is 0 Å². The molecule has 9 heteroatoms. The van der Waals surface area contributed by atoms with Gasteiger partial charge in [0.2, 0.25) is 0 Å². The molecule has 4 rings (SSSR count). The van der Waals surface area contributed by atoms with E-state index >= 15 is 0 Å². The molecule has 1 aliphatic heterocycles. The van der Waals surface area contributed by atoms with Gasteiger partial charge in [-0.3, -0.25) is 9.48 Å². The van der Waals surface area contributed by atoms with Gasteiger partial charge >= 0.3 is 0 Å². The van der Waals surface area contributed by atoms with Crippen molar-refractivity contribution in [2.75, 3.05) is 24.6 Å². The van der Waals surface area contributed by atoms with Gasteiger partial charge in [-0.2, -0.15) is 5.10 Å². The Kier molecular flexibility index (Phi) is 4.33. The minimum atomic E-state index is -0.260. The van der Waals surface area contributed by atoms with Crippen LogP contribution >= 0.6 is 11.3 Å². The van der Waals surface area contributed by atoms with Crippen LogP contribution < -0.4 is 10.2 Å². The smallest absolute Gasteiger partial charge is 0.271 e. The van der Waals surface area contributed by atoms with Crippen molar-refractivity contribution >= 4 is 33.3 Å². The quantitative estimate of drug-likeness (QED) is 0.723. The summed E-state index contributed by atoms with van der Waals surface area (Å²) in [6.07, 6.45) is 2.52. The summed E-state index contributed by atoms with van der Waals surface area (Å²) >= 11 is 1.64. The summed E-state index contributed by atoms with van der Waals surface area (Å²) in [4.78, 5) is 23.1. The highest BCUT2D eigenvalue weighted by molar-refractivity contribution is 7.17. The fourth-order valence-electron chi connectivity index (χ4n) is 3.02. The third-order valence-electron chi connectivity index (χ3n) is 4.17. The Morgan fingerprint density at radius 2 is 2.28 bits per heavy atom. The number of aryl methyl sites for hydroxylation is 1. The number of nitrogens with one attached hydrogen (secondary N) is 1. The molecule has 0 saturated carbocycles. The van der Waals surface area contributed by atoms with Crippen LogP contribution in [0.15, 0.2) is 23.8 Å². The molecule has 25 heavy (non-hydrogen) atoms. The van der Waals surface area contributed by atoms with Crippen LogP contribution in [-0.2, 0) is 13.1 Å². The summed E-state index contributed by atoms with van der Waals surface area (Å²) in [5, 5.41) is 17.9. The Hall–Kier alpha value is -2.52. The van der Waals surface area contributed by atoms with Crippen LogP contribution in [0, 0.1) is 0 Å². The standard InChI is InChI=1S/C16H18N6O2S/c23-6-3-17-16(24)13-8-11-9-21(4-1-5-22(11)20-13)15-14-12(2-7-25-14)18-10-19-15/h2,7-8,10,23H,1,3-6,9H2,(H,17,24). The molecule has 0 aliphatic carbocycles. The van der Waals surface area contributed by atoms with Crippen LogP contribution in [0.2, 0.25) is 0 Å². The summed E-state index contributed by atoms with van der Waals surface area (Å²) in [6, 6.07) is 3.81. The van der Waals surface area contributed by atoms with E-state index in [1.165, 1.54) is 0 Å². The molecule has 0 radical (unpaired) electrons. The van der Waals surface area contributed by atoms with Crippen molar-refractivity contribution in [2.45, 2.75) is 19.5 Å². The fraction of sp³-hybridized carbons (Fsp3) is 0.375. The summed E-state index contributed by atoms with van der Waals surface area (Å²) in [6.45, 7) is 2.42. The molecule has 1 aliphatic rings. The lowest BCUT2D eigenvalue weighted by molar-refractivity contribution is 0.0939. The lowest BCUT2D eigenvalue weighted by atomic mass is 10.3. The number of hydrogen-bond donors (Lipinski definition) is 2. The van der Waals surface area contributed by atoms with Gasteiger partial charge in [0.05, 0.1) is 29.1 Å². The van der Waals surface area contributed by atoms with Crippen LogP contribution in [0.1, 0.15) is 22.6 Å². The molecule has 3 aromatic rings. The normalized spacial score (nSPS) is 14.4. The Bertz CT molecular complexity index is 905. The van der Waals surface area contributed by atoms with Crippen LogP contribution in [0.4, 0.5) is 5.82 Å². The third kappa shape index (κ3) is 3.08. The predicted octanol–water partition coefficient (Wildman–Crippen LogP) is 1.02. The number of carbonyl (C=O) groups excluding carboxylic acids is 1. The number of amides is 1. The highest BCUT2D eigenvalue weighted by Gasteiger charge is 2.21. The highest BCUT2D eigenvalue weighted by Crippen LogP contribution is 2.30. The molecule has 2 N–H and O–H groups in total. The van der Waals surface area contributed by atoms with E-state index in [1.54, 1.807) is 17.7 Å². The molecule has 0 fully saturated rings. The molecular formula is C16H18N6O2S. The van der Waals surface area contributed by atoms with Crippen LogP contribution in [0.25, 0.3) is 10.2 Å². The van der Waals surface area contributed by atoms with E-state index < -0.39 is 0 Å². The van der Waals surface area contributed by atoms with Gasteiger partial charge in [0.15, 0.2) is 5.69 Å². The van der Waals surface area contributed by atoms with E-state index in [0.29, 0.717) is 12.2 Å². The Labute approximate surface area is 148 Å². The number of fused-ring (bicyclic) bond motifs is 2. The van der Waals surface area contributed by atoms with Crippen LogP contribution in [0.5, 0.6) is 0 Å². The van der Waals surface area contributed by atoms with Gasteiger partial charge in [-0.15, -0.1) is 11.3 Å². The number of nitrogens with zero attached hydrogens (tertiary/aromatic N) is 5. The number of thiophene rings is 1. The number of aliphatic hydroxyl groups excluding tert-OH is 1. The molecule has 0 aromatic carbocycles. The number of anilines is 1.